The molecule has 122 valence electrons. The molecule has 0 saturated heterocycles. The van der Waals surface area contributed by atoms with E-state index < -0.39 is 0 Å². The Labute approximate surface area is 131 Å². The minimum atomic E-state index is 0.818. The Balaban J connectivity index is 1.89. The fraction of sp³-hybridized carbons (Fsp3) is 0.895. The molecule has 2 heteroatoms. The molecule has 2 rings (SSSR count). The molecule has 0 bridgehead atoms. The number of nitrogens with one attached hydrogen (secondary N) is 1. The van der Waals surface area contributed by atoms with E-state index in [2.05, 4.69) is 18.3 Å². The highest BCUT2D eigenvalue weighted by Gasteiger charge is 2.21. The first-order valence-electron chi connectivity index (χ1n) is 9.20. The molecule has 0 heterocycles. The lowest BCUT2D eigenvalue weighted by Gasteiger charge is -2.29. The zero-order valence-corrected chi connectivity index (χ0v) is 14.2. The summed E-state index contributed by atoms with van der Waals surface area (Å²) >= 11 is 0. The summed E-state index contributed by atoms with van der Waals surface area (Å²) in [5.74, 6) is 2.66. The van der Waals surface area contributed by atoms with Crippen molar-refractivity contribution in [2.45, 2.75) is 64.7 Å². The second-order valence-electron chi connectivity index (χ2n) is 7.27. The molecule has 0 atom stereocenters. The lowest BCUT2D eigenvalue weighted by atomic mass is 9.78. The van der Waals surface area contributed by atoms with Crippen LogP contribution in [0, 0.1) is 17.8 Å². The monoisotopic (exact) mass is 293 g/mol. The fourth-order valence-corrected chi connectivity index (χ4v) is 3.97. The van der Waals surface area contributed by atoms with Crippen LogP contribution in [0.5, 0.6) is 0 Å². The summed E-state index contributed by atoms with van der Waals surface area (Å²) in [6.07, 6.45) is 15.5. The molecule has 0 aromatic carbocycles. The van der Waals surface area contributed by atoms with Crippen molar-refractivity contribution in [3.05, 3.63) is 11.6 Å². The van der Waals surface area contributed by atoms with Gasteiger partial charge in [-0.25, -0.2) is 0 Å². The minimum Gasteiger partial charge on any atom is -0.383 e. The normalized spacial score (nSPS) is 28.8. The van der Waals surface area contributed by atoms with Crippen LogP contribution in [-0.4, -0.2) is 26.8 Å². The molecule has 2 fully saturated rings. The van der Waals surface area contributed by atoms with Gasteiger partial charge in [0.1, 0.15) is 0 Å². The van der Waals surface area contributed by atoms with Crippen LogP contribution >= 0.6 is 0 Å². The molecular weight excluding hydrogens is 258 g/mol. The molecule has 0 radical (unpaired) electrons. The van der Waals surface area contributed by atoms with Gasteiger partial charge < -0.3 is 10.1 Å². The number of ether oxygens (including phenoxy) is 1. The second-order valence-corrected chi connectivity index (χ2v) is 7.27. The van der Waals surface area contributed by atoms with E-state index in [1.807, 2.05) is 0 Å². The lowest BCUT2D eigenvalue weighted by molar-refractivity contribution is 0.200. The highest BCUT2D eigenvalue weighted by atomic mass is 16.5. The first-order chi connectivity index (χ1) is 10.3. The smallest absolute Gasteiger partial charge is 0.0587 e. The average Bonchev–Trinajstić information content (AvgIpc) is 2.53. The van der Waals surface area contributed by atoms with E-state index in [0.29, 0.717) is 0 Å². The van der Waals surface area contributed by atoms with E-state index in [-0.39, 0.29) is 0 Å². The van der Waals surface area contributed by atoms with E-state index in [1.165, 1.54) is 57.8 Å². The lowest BCUT2D eigenvalue weighted by Crippen LogP contribution is -2.26. The predicted molar refractivity (Wildman–Crippen MR) is 90.5 cm³/mol. The quantitative estimate of drug-likeness (QED) is 0.549. The van der Waals surface area contributed by atoms with Crippen LogP contribution in [0.15, 0.2) is 11.6 Å². The molecule has 0 aromatic heterocycles. The zero-order valence-electron chi connectivity index (χ0n) is 14.2. The van der Waals surface area contributed by atoms with Crippen LogP contribution in [0.2, 0.25) is 0 Å². The van der Waals surface area contributed by atoms with Crippen molar-refractivity contribution in [3.8, 4) is 0 Å². The van der Waals surface area contributed by atoms with E-state index >= 15 is 0 Å². The first kappa shape index (κ1) is 17.0. The summed E-state index contributed by atoms with van der Waals surface area (Å²) in [7, 11) is 1.78. The molecule has 2 nitrogen and oxygen atoms in total. The largest absolute Gasteiger partial charge is 0.383 e. The predicted octanol–water partition coefficient (Wildman–Crippen LogP) is 4.56. The van der Waals surface area contributed by atoms with Gasteiger partial charge in [-0.2, -0.15) is 0 Å². The number of rotatable bonds is 7. The van der Waals surface area contributed by atoms with Gasteiger partial charge in [-0.1, -0.05) is 50.7 Å². The van der Waals surface area contributed by atoms with Gasteiger partial charge in [-0.3, -0.25) is 0 Å². The van der Waals surface area contributed by atoms with Crippen LogP contribution in [-0.2, 0) is 4.74 Å². The zero-order chi connectivity index (χ0) is 14.9. The number of hydrogen-bond acceptors (Lipinski definition) is 2. The summed E-state index contributed by atoms with van der Waals surface area (Å²) < 4.78 is 5.15. The molecular formula is C19H35NO. The highest BCUT2D eigenvalue weighted by molar-refractivity contribution is 5.12. The molecule has 0 aliphatic heterocycles. The Hall–Kier alpha value is -0.340. The summed E-state index contributed by atoms with van der Waals surface area (Å²) in [5.41, 5.74) is 1.71. The standard InChI is InChI=1S/C19H35NO/c1-16-8-10-17(11-9-16)14-19(15-20-12-13-21-2)18-6-4-3-5-7-18/h14,16-18,20H,3-13,15H2,1-2H3. The van der Waals surface area contributed by atoms with E-state index in [4.69, 9.17) is 4.74 Å². The van der Waals surface area contributed by atoms with Crippen molar-refractivity contribution in [1.82, 2.24) is 5.32 Å². The molecule has 0 amide bonds. The minimum absolute atomic E-state index is 0.818. The van der Waals surface area contributed by atoms with E-state index in [9.17, 15) is 0 Å². The topological polar surface area (TPSA) is 21.3 Å². The fourth-order valence-electron chi connectivity index (χ4n) is 3.97. The van der Waals surface area contributed by atoms with Crippen molar-refractivity contribution in [1.29, 1.82) is 0 Å². The van der Waals surface area contributed by atoms with Crippen molar-refractivity contribution in [3.63, 3.8) is 0 Å². The van der Waals surface area contributed by atoms with Crippen molar-refractivity contribution >= 4 is 0 Å². The van der Waals surface area contributed by atoms with Gasteiger partial charge in [-0.15, -0.1) is 0 Å². The Morgan fingerprint density at radius 2 is 1.76 bits per heavy atom. The SMILES string of the molecule is COCCNCC(=CC1CCC(C)CC1)C1CCCCC1. The van der Waals surface area contributed by atoms with Crippen LogP contribution < -0.4 is 5.32 Å². The summed E-state index contributed by atoms with van der Waals surface area (Å²) in [6.45, 7) is 5.29. The third-order valence-electron chi connectivity index (χ3n) is 5.45. The van der Waals surface area contributed by atoms with Crippen molar-refractivity contribution < 1.29 is 4.74 Å². The first-order valence-corrected chi connectivity index (χ1v) is 9.20. The van der Waals surface area contributed by atoms with Crippen LogP contribution in [0.25, 0.3) is 0 Å². The molecule has 0 unspecified atom stereocenters. The van der Waals surface area contributed by atoms with Crippen molar-refractivity contribution in [2.75, 3.05) is 26.8 Å². The van der Waals surface area contributed by atoms with Crippen LogP contribution in [0.4, 0.5) is 0 Å². The van der Waals surface area contributed by atoms with Crippen LogP contribution in [0.3, 0.4) is 0 Å². The molecule has 2 aliphatic carbocycles. The van der Waals surface area contributed by atoms with Gasteiger partial charge in [-0.05, 0) is 43.4 Å². The molecule has 0 aromatic rings. The summed E-state index contributed by atoms with van der Waals surface area (Å²) in [5, 5.41) is 3.59. The van der Waals surface area contributed by atoms with Gasteiger partial charge >= 0.3 is 0 Å². The van der Waals surface area contributed by atoms with Gasteiger partial charge in [0.2, 0.25) is 0 Å². The average molecular weight is 293 g/mol. The van der Waals surface area contributed by atoms with E-state index in [1.54, 1.807) is 12.7 Å². The maximum Gasteiger partial charge on any atom is 0.0587 e. The molecule has 2 saturated carbocycles. The summed E-state index contributed by atoms with van der Waals surface area (Å²) in [4.78, 5) is 0. The van der Waals surface area contributed by atoms with Gasteiger partial charge in [0.05, 0.1) is 6.61 Å². The van der Waals surface area contributed by atoms with Gasteiger partial charge in [0.25, 0.3) is 0 Å². The highest BCUT2D eigenvalue weighted by Crippen LogP contribution is 2.34. The third kappa shape index (κ3) is 6.12. The van der Waals surface area contributed by atoms with Gasteiger partial charge in [0, 0.05) is 20.2 Å². The van der Waals surface area contributed by atoms with E-state index in [0.717, 1.165) is 37.5 Å². The third-order valence-corrected chi connectivity index (χ3v) is 5.45. The summed E-state index contributed by atoms with van der Waals surface area (Å²) in [6, 6.07) is 0. The number of hydrogen-bond donors (Lipinski definition) is 1. The second kappa shape index (κ2) is 9.63. The van der Waals surface area contributed by atoms with Gasteiger partial charge in [0.15, 0.2) is 0 Å². The Kier molecular flexibility index (Phi) is 7.81. The number of allylic oxidation sites excluding steroid dienone is 1. The van der Waals surface area contributed by atoms with Crippen molar-refractivity contribution in [2.24, 2.45) is 17.8 Å². The molecule has 21 heavy (non-hydrogen) atoms. The molecule has 0 spiro atoms. The van der Waals surface area contributed by atoms with Crippen LogP contribution in [0.1, 0.15) is 64.7 Å². The Bertz CT molecular complexity index is 299. The Morgan fingerprint density at radius 3 is 2.43 bits per heavy atom. The maximum atomic E-state index is 5.15. The molecule has 1 N–H and O–H groups in total. The maximum absolute atomic E-state index is 5.15. The number of methoxy groups -OCH3 is 1. The molecule has 2 aliphatic rings. The Morgan fingerprint density at radius 1 is 1.05 bits per heavy atom.